The van der Waals surface area contributed by atoms with Crippen LogP contribution in [0.15, 0.2) is 22.7 Å². The van der Waals surface area contributed by atoms with Gasteiger partial charge in [0.15, 0.2) is 5.82 Å². The first-order valence-electron chi connectivity index (χ1n) is 6.63. The lowest BCUT2D eigenvalue weighted by atomic mass is 10.1. The van der Waals surface area contributed by atoms with Crippen molar-refractivity contribution in [2.24, 2.45) is 0 Å². The summed E-state index contributed by atoms with van der Waals surface area (Å²) < 4.78 is 5.10. The standard InChI is InChI=1S/C14H18N4O/c1-9-17-14(19-18-9)6-7-16-13-5-2-10-8-11(15)3-4-12(10)13/h3-4,8,13,16H,2,5-7,15H2,1H3. The fourth-order valence-corrected chi connectivity index (χ4v) is 2.64. The normalized spacial score (nSPS) is 17.6. The van der Waals surface area contributed by atoms with E-state index in [4.69, 9.17) is 10.3 Å². The second-order valence-electron chi connectivity index (χ2n) is 4.99. The Hall–Kier alpha value is -1.88. The van der Waals surface area contributed by atoms with Crippen LogP contribution in [0.5, 0.6) is 0 Å². The number of aryl methyl sites for hydroxylation is 2. The molecular weight excluding hydrogens is 240 g/mol. The first-order chi connectivity index (χ1) is 9.22. The molecule has 0 fully saturated rings. The van der Waals surface area contributed by atoms with Gasteiger partial charge in [-0.25, -0.2) is 0 Å². The molecule has 1 aliphatic carbocycles. The van der Waals surface area contributed by atoms with Crippen LogP contribution in [0.4, 0.5) is 5.69 Å². The number of hydrogen-bond acceptors (Lipinski definition) is 5. The van der Waals surface area contributed by atoms with E-state index in [1.54, 1.807) is 0 Å². The van der Waals surface area contributed by atoms with Crippen LogP contribution in [0.3, 0.4) is 0 Å². The number of hydrogen-bond donors (Lipinski definition) is 2. The fourth-order valence-electron chi connectivity index (χ4n) is 2.64. The second kappa shape index (κ2) is 5.01. The van der Waals surface area contributed by atoms with E-state index in [1.165, 1.54) is 11.1 Å². The van der Waals surface area contributed by atoms with Crippen molar-refractivity contribution in [3.8, 4) is 0 Å². The van der Waals surface area contributed by atoms with Crippen molar-refractivity contribution in [2.75, 3.05) is 12.3 Å². The Morgan fingerprint density at radius 2 is 2.37 bits per heavy atom. The Balaban J connectivity index is 1.58. The minimum atomic E-state index is 0.416. The van der Waals surface area contributed by atoms with Gasteiger partial charge in [0, 0.05) is 24.7 Å². The number of rotatable bonds is 4. The van der Waals surface area contributed by atoms with E-state index in [1.807, 2.05) is 13.0 Å². The molecule has 19 heavy (non-hydrogen) atoms. The Labute approximate surface area is 112 Å². The number of nitrogen functional groups attached to an aromatic ring is 1. The third kappa shape index (κ3) is 2.61. The van der Waals surface area contributed by atoms with Crippen LogP contribution >= 0.6 is 0 Å². The second-order valence-corrected chi connectivity index (χ2v) is 4.99. The van der Waals surface area contributed by atoms with E-state index >= 15 is 0 Å². The minimum absolute atomic E-state index is 0.416. The molecule has 1 unspecified atom stereocenters. The van der Waals surface area contributed by atoms with E-state index in [-0.39, 0.29) is 0 Å². The van der Waals surface area contributed by atoms with E-state index in [9.17, 15) is 0 Å². The zero-order valence-corrected chi connectivity index (χ0v) is 11.0. The highest BCUT2D eigenvalue weighted by atomic mass is 16.5. The van der Waals surface area contributed by atoms with Crippen molar-refractivity contribution in [2.45, 2.75) is 32.2 Å². The van der Waals surface area contributed by atoms with Crippen molar-refractivity contribution in [3.63, 3.8) is 0 Å². The number of fused-ring (bicyclic) bond motifs is 1. The van der Waals surface area contributed by atoms with Gasteiger partial charge in [0.1, 0.15) is 0 Å². The van der Waals surface area contributed by atoms with Crippen LogP contribution in [0.2, 0.25) is 0 Å². The van der Waals surface area contributed by atoms with Crippen LogP contribution < -0.4 is 11.1 Å². The number of aromatic nitrogens is 2. The summed E-state index contributed by atoms with van der Waals surface area (Å²) in [4.78, 5) is 4.20. The summed E-state index contributed by atoms with van der Waals surface area (Å²) in [7, 11) is 0. The summed E-state index contributed by atoms with van der Waals surface area (Å²) in [5.41, 5.74) is 9.39. The van der Waals surface area contributed by atoms with E-state index < -0.39 is 0 Å². The van der Waals surface area contributed by atoms with Crippen molar-refractivity contribution in [1.29, 1.82) is 0 Å². The molecular formula is C14H18N4O. The molecule has 1 atom stereocenters. The molecule has 100 valence electrons. The Bertz CT molecular complexity index is 579. The van der Waals surface area contributed by atoms with E-state index in [0.29, 0.717) is 17.8 Å². The quantitative estimate of drug-likeness (QED) is 0.817. The Kier molecular flexibility index (Phi) is 3.21. The maximum Gasteiger partial charge on any atom is 0.227 e. The average Bonchev–Trinajstić information content (AvgIpc) is 2.96. The number of nitrogens with two attached hydrogens (primary N) is 1. The molecule has 0 saturated carbocycles. The highest BCUT2D eigenvalue weighted by molar-refractivity contribution is 5.47. The highest BCUT2D eigenvalue weighted by Gasteiger charge is 2.21. The number of nitrogens with zero attached hydrogens (tertiary/aromatic N) is 2. The summed E-state index contributed by atoms with van der Waals surface area (Å²) in [5.74, 6) is 1.39. The van der Waals surface area contributed by atoms with Crippen molar-refractivity contribution >= 4 is 5.69 Å². The lowest BCUT2D eigenvalue weighted by Crippen LogP contribution is -2.22. The molecule has 3 N–H and O–H groups in total. The number of anilines is 1. The maximum absolute atomic E-state index is 5.81. The Morgan fingerprint density at radius 1 is 1.47 bits per heavy atom. The van der Waals surface area contributed by atoms with Crippen LogP contribution in [-0.2, 0) is 12.8 Å². The highest BCUT2D eigenvalue weighted by Crippen LogP contribution is 2.32. The summed E-state index contributed by atoms with van der Waals surface area (Å²) in [5, 5.41) is 7.33. The molecule has 0 spiro atoms. The first kappa shape index (κ1) is 12.2. The van der Waals surface area contributed by atoms with E-state index in [2.05, 4.69) is 27.6 Å². The molecule has 0 amide bonds. The number of nitrogens with one attached hydrogen (secondary N) is 1. The van der Waals surface area contributed by atoms with Gasteiger partial charge in [0.05, 0.1) is 0 Å². The lowest BCUT2D eigenvalue weighted by Gasteiger charge is -2.13. The largest absolute Gasteiger partial charge is 0.399 e. The lowest BCUT2D eigenvalue weighted by molar-refractivity contribution is 0.369. The molecule has 1 aromatic carbocycles. The molecule has 0 radical (unpaired) electrons. The minimum Gasteiger partial charge on any atom is -0.399 e. The summed E-state index contributed by atoms with van der Waals surface area (Å²) in [6.07, 6.45) is 2.99. The maximum atomic E-state index is 5.81. The van der Waals surface area contributed by atoms with Gasteiger partial charge in [-0.15, -0.1) is 0 Å². The molecule has 2 aromatic rings. The third-order valence-electron chi connectivity index (χ3n) is 3.54. The molecule has 1 heterocycles. The van der Waals surface area contributed by atoms with Crippen LogP contribution in [-0.4, -0.2) is 16.7 Å². The molecule has 0 bridgehead atoms. The smallest absolute Gasteiger partial charge is 0.227 e. The number of benzene rings is 1. The zero-order valence-electron chi connectivity index (χ0n) is 11.0. The molecule has 1 aliphatic rings. The zero-order chi connectivity index (χ0) is 13.2. The van der Waals surface area contributed by atoms with Crippen LogP contribution in [0.1, 0.15) is 35.3 Å². The van der Waals surface area contributed by atoms with Crippen LogP contribution in [0.25, 0.3) is 0 Å². The topological polar surface area (TPSA) is 77.0 Å². The van der Waals surface area contributed by atoms with Gasteiger partial charge in [0.2, 0.25) is 5.89 Å². The predicted octanol–water partition coefficient (Wildman–Crippen LogP) is 1.78. The van der Waals surface area contributed by atoms with Gasteiger partial charge < -0.3 is 15.6 Å². The SMILES string of the molecule is Cc1noc(CCNC2CCc3cc(N)ccc32)n1. The average molecular weight is 258 g/mol. The van der Waals surface area contributed by atoms with Crippen molar-refractivity contribution < 1.29 is 4.52 Å². The summed E-state index contributed by atoms with van der Waals surface area (Å²) in [6.45, 7) is 2.67. The first-order valence-corrected chi connectivity index (χ1v) is 6.63. The van der Waals surface area contributed by atoms with Gasteiger partial charge in [-0.05, 0) is 43.0 Å². The van der Waals surface area contributed by atoms with Crippen molar-refractivity contribution in [1.82, 2.24) is 15.5 Å². The molecule has 0 aliphatic heterocycles. The van der Waals surface area contributed by atoms with Crippen LogP contribution in [0, 0.1) is 6.92 Å². The molecule has 5 nitrogen and oxygen atoms in total. The van der Waals surface area contributed by atoms with Gasteiger partial charge in [-0.1, -0.05) is 11.2 Å². The predicted molar refractivity (Wildman–Crippen MR) is 72.7 cm³/mol. The van der Waals surface area contributed by atoms with Gasteiger partial charge in [-0.3, -0.25) is 0 Å². The molecule has 1 aromatic heterocycles. The van der Waals surface area contributed by atoms with Gasteiger partial charge in [0.25, 0.3) is 0 Å². The molecule has 0 saturated heterocycles. The van der Waals surface area contributed by atoms with Gasteiger partial charge >= 0.3 is 0 Å². The molecule has 5 heteroatoms. The van der Waals surface area contributed by atoms with Gasteiger partial charge in [-0.2, -0.15) is 4.98 Å². The summed E-state index contributed by atoms with van der Waals surface area (Å²) in [6, 6.07) is 6.60. The third-order valence-corrected chi connectivity index (χ3v) is 3.54. The summed E-state index contributed by atoms with van der Waals surface area (Å²) >= 11 is 0. The fraction of sp³-hybridized carbons (Fsp3) is 0.429. The molecule has 3 rings (SSSR count). The van der Waals surface area contributed by atoms with Crippen molar-refractivity contribution in [3.05, 3.63) is 41.0 Å². The monoisotopic (exact) mass is 258 g/mol. The Morgan fingerprint density at radius 3 is 3.16 bits per heavy atom. The van der Waals surface area contributed by atoms with E-state index in [0.717, 1.165) is 31.5 Å².